The van der Waals surface area contributed by atoms with Crippen LogP contribution in [0.2, 0.25) is 0 Å². The van der Waals surface area contributed by atoms with Gasteiger partial charge in [0.1, 0.15) is 11.3 Å². The number of ether oxygens (including phenoxy) is 2. The van der Waals surface area contributed by atoms with E-state index in [0.717, 1.165) is 33.3 Å². The van der Waals surface area contributed by atoms with Gasteiger partial charge in [-0.3, -0.25) is 0 Å². The summed E-state index contributed by atoms with van der Waals surface area (Å²) in [5, 5.41) is 3.25. The topological polar surface area (TPSA) is 69.2 Å². The number of fused-ring (bicyclic) bond motifs is 1. The molecule has 1 fully saturated rings. The zero-order valence-corrected chi connectivity index (χ0v) is 12.9. The summed E-state index contributed by atoms with van der Waals surface area (Å²) in [5.41, 5.74) is 1.63. The number of thioether (sulfide) groups is 1. The second-order valence-corrected chi connectivity index (χ2v) is 5.98. The highest BCUT2D eigenvalue weighted by molar-refractivity contribution is 7.99. The molecule has 1 N–H and O–H groups in total. The molecule has 0 saturated carbocycles. The summed E-state index contributed by atoms with van der Waals surface area (Å²) in [4.78, 5) is 14.5. The average molecular weight is 306 g/mol. The smallest absolute Gasteiger partial charge is 0.174 e. The normalized spacial score (nSPS) is 15.7. The van der Waals surface area contributed by atoms with Crippen molar-refractivity contribution in [3.8, 4) is 0 Å². The van der Waals surface area contributed by atoms with Crippen LogP contribution < -0.4 is 5.32 Å². The van der Waals surface area contributed by atoms with E-state index in [1.54, 1.807) is 11.8 Å². The van der Waals surface area contributed by atoms with Gasteiger partial charge in [-0.25, -0.2) is 15.0 Å². The van der Waals surface area contributed by atoms with Crippen molar-refractivity contribution >= 4 is 28.6 Å². The quantitative estimate of drug-likeness (QED) is 0.849. The molecule has 1 saturated heterocycles. The van der Waals surface area contributed by atoms with Crippen molar-refractivity contribution in [2.45, 2.75) is 25.0 Å². The van der Waals surface area contributed by atoms with Crippen molar-refractivity contribution in [2.75, 3.05) is 30.8 Å². The number of nitrogens with one attached hydrogen (secondary N) is 1. The molecule has 0 aliphatic carbocycles. The van der Waals surface area contributed by atoms with E-state index in [0.29, 0.717) is 19.8 Å². The lowest BCUT2D eigenvalue weighted by Gasteiger charge is -2.12. The number of aromatic nitrogens is 3. The Balaban J connectivity index is 1.86. The van der Waals surface area contributed by atoms with E-state index in [2.05, 4.69) is 33.3 Å². The molecule has 7 heteroatoms. The minimum Gasteiger partial charge on any atom is -0.363 e. The highest BCUT2D eigenvalue weighted by Crippen LogP contribution is 2.24. The van der Waals surface area contributed by atoms with E-state index in [4.69, 9.17) is 9.47 Å². The predicted molar refractivity (Wildman–Crippen MR) is 82.6 cm³/mol. The second kappa shape index (κ2) is 6.55. The van der Waals surface area contributed by atoms with Gasteiger partial charge in [-0.1, -0.05) is 6.92 Å². The van der Waals surface area contributed by atoms with Crippen molar-refractivity contribution in [2.24, 2.45) is 0 Å². The third kappa shape index (κ3) is 3.42. The van der Waals surface area contributed by atoms with Crippen molar-refractivity contribution in [1.82, 2.24) is 15.0 Å². The zero-order chi connectivity index (χ0) is 14.7. The van der Waals surface area contributed by atoms with Crippen LogP contribution in [0.4, 0.5) is 5.82 Å². The van der Waals surface area contributed by atoms with Gasteiger partial charge >= 0.3 is 0 Å². The molecule has 112 valence electrons. The first-order chi connectivity index (χ1) is 10.3. The monoisotopic (exact) mass is 306 g/mol. The standard InChI is InChI=1S/C14H18N4O2S/c1-3-21-10-6-11-13(15-7-10)14(18-9(2)17-11)16-8-12-19-4-5-20-12/h6-7,12H,3-5,8H2,1-2H3,(H,16,17,18). The Labute approximate surface area is 127 Å². The summed E-state index contributed by atoms with van der Waals surface area (Å²) in [7, 11) is 0. The Kier molecular flexibility index (Phi) is 4.52. The molecule has 2 aromatic heterocycles. The van der Waals surface area contributed by atoms with E-state index in [-0.39, 0.29) is 6.29 Å². The Morgan fingerprint density at radius 2 is 2.14 bits per heavy atom. The lowest BCUT2D eigenvalue weighted by molar-refractivity contribution is -0.0299. The molecule has 6 nitrogen and oxygen atoms in total. The number of hydrogen-bond acceptors (Lipinski definition) is 7. The van der Waals surface area contributed by atoms with Crippen molar-refractivity contribution in [3.05, 3.63) is 18.1 Å². The number of hydrogen-bond donors (Lipinski definition) is 1. The maximum atomic E-state index is 5.42. The molecule has 0 unspecified atom stereocenters. The third-order valence-corrected chi connectivity index (χ3v) is 3.91. The number of rotatable bonds is 5. The summed E-state index contributed by atoms with van der Waals surface area (Å²) in [6, 6.07) is 2.05. The second-order valence-electron chi connectivity index (χ2n) is 4.64. The van der Waals surface area contributed by atoms with E-state index >= 15 is 0 Å². The van der Waals surface area contributed by atoms with Crippen LogP contribution >= 0.6 is 11.8 Å². The van der Waals surface area contributed by atoms with Crippen LogP contribution in [0.15, 0.2) is 17.2 Å². The number of nitrogens with zero attached hydrogens (tertiary/aromatic N) is 3. The van der Waals surface area contributed by atoms with Crippen LogP contribution in [0.1, 0.15) is 12.7 Å². The fraction of sp³-hybridized carbons (Fsp3) is 0.500. The minimum absolute atomic E-state index is 0.217. The van der Waals surface area contributed by atoms with Gasteiger partial charge in [0.2, 0.25) is 0 Å². The summed E-state index contributed by atoms with van der Waals surface area (Å²) < 4.78 is 10.8. The van der Waals surface area contributed by atoms with Crippen LogP contribution in [0.3, 0.4) is 0 Å². The molecule has 21 heavy (non-hydrogen) atoms. The van der Waals surface area contributed by atoms with Crippen molar-refractivity contribution in [3.63, 3.8) is 0 Å². The molecule has 3 rings (SSSR count). The Bertz CT molecular complexity index is 632. The summed E-state index contributed by atoms with van der Waals surface area (Å²) >= 11 is 1.75. The highest BCUT2D eigenvalue weighted by atomic mass is 32.2. The van der Waals surface area contributed by atoms with Crippen LogP contribution in [0.25, 0.3) is 11.0 Å². The average Bonchev–Trinajstić information content (AvgIpc) is 2.98. The van der Waals surface area contributed by atoms with Gasteiger partial charge in [-0.15, -0.1) is 11.8 Å². The minimum atomic E-state index is -0.217. The first-order valence-electron chi connectivity index (χ1n) is 7.00. The van der Waals surface area contributed by atoms with Crippen LogP contribution in [0, 0.1) is 6.92 Å². The van der Waals surface area contributed by atoms with Gasteiger partial charge < -0.3 is 14.8 Å². The molecule has 0 radical (unpaired) electrons. The fourth-order valence-electron chi connectivity index (χ4n) is 2.19. The highest BCUT2D eigenvalue weighted by Gasteiger charge is 2.17. The van der Waals surface area contributed by atoms with Gasteiger partial charge in [0, 0.05) is 11.1 Å². The number of aryl methyl sites for hydroxylation is 1. The molecule has 2 aromatic rings. The summed E-state index contributed by atoms with van der Waals surface area (Å²) in [5.74, 6) is 2.46. The molecule has 1 aliphatic heterocycles. The van der Waals surface area contributed by atoms with Gasteiger partial charge in [0.05, 0.1) is 25.3 Å². The third-order valence-electron chi connectivity index (χ3n) is 3.06. The fourth-order valence-corrected chi connectivity index (χ4v) is 2.85. The Morgan fingerprint density at radius 1 is 1.33 bits per heavy atom. The SMILES string of the molecule is CCSc1cnc2c(NCC3OCCO3)nc(C)nc2c1. The summed E-state index contributed by atoms with van der Waals surface area (Å²) in [6.07, 6.45) is 1.65. The lowest BCUT2D eigenvalue weighted by Crippen LogP contribution is -2.21. The van der Waals surface area contributed by atoms with E-state index in [9.17, 15) is 0 Å². The molecule has 0 amide bonds. The van der Waals surface area contributed by atoms with Gasteiger partial charge in [0.15, 0.2) is 12.1 Å². The van der Waals surface area contributed by atoms with Gasteiger partial charge in [0.25, 0.3) is 0 Å². The Morgan fingerprint density at radius 3 is 2.90 bits per heavy atom. The molecule has 3 heterocycles. The van der Waals surface area contributed by atoms with E-state index < -0.39 is 0 Å². The first-order valence-corrected chi connectivity index (χ1v) is 7.99. The first kappa shape index (κ1) is 14.5. The molecule has 0 spiro atoms. The van der Waals surface area contributed by atoms with Gasteiger partial charge in [-0.2, -0.15) is 0 Å². The number of anilines is 1. The molecule has 0 bridgehead atoms. The van der Waals surface area contributed by atoms with Crippen molar-refractivity contribution < 1.29 is 9.47 Å². The predicted octanol–water partition coefficient (Wildman–Crippen LogP) is 2.23. The number of pyridine rings is 1. The maximum Gasteiger partial charge on any atom is 0.174 e. The van der Waals surface area contributed by atoms with Crippen LogP contribution in [-0.2, 0) is 9.47 Å². The molecular weight excluding hydrogens is 288 g/mol. The van der Waals surface area contributed by atoms with E-state index in [1.165, 1.54) is 0 Å². The molecular formula is C14H18N4O2S. The lowest BCUT2D eigenvalue weighted by atomic mass is 10.3. The van der Waals surface area contributed by atoms with Gasteiger partial charge in [-0.05, 0) is 18.7 Å². The van der Waals surface area contributed by atoms with Crippen LogP contribution in [-0.4, -0.2) is 46.8 Å². The molecule has 0 atom stereocenters. The maximum absolute atomic E-state index is 5.42. The summed E-state index contributed by atoms with van der Waals surface area (Å²) in [6.45, 7) is 5.84. The largest absolute Gasteiger partial charge is 0.363 e. The van der Waals surface area contributed by atoms with E-state index in [1.807, 2.05) is 13.1 Å². The molecule has 1 aliphatic rings. The van der Waals surface area contributed by atoms with Crippen molar-refractivity contribution in [1.29, 1.82) is 0 Å². The van der Waals surface area contributed by atoms with Crippen LogP contribution in [0.5, 0.6) is 0 Å². The molecule has 0 aromatic carbocycles. The Hall–Kier alpha value is -1.44. The zero-order valence-electron chi connectivity index (χ0n) is 12.1.